The summed E-state index contributed by atoms with van der Waals surface area (Å²) in [5.74, 6) is 0.335. The second-order valence-electron chi connectivity index (χ2n) is 7.28. The molecule has 0 spiro atoms. The van der Waals surface area contributed by atoms with Gasteiger partial charge in [0.15, 0.2) is 0 Å². The molecule has 1 aliphatic rings. The average Bonchev–Trinajstić information content (AvgIpc) is 2.79. The van der Waals surface area contributed by atoms with Crippen LogP contribution in [0.15, 0.2) is 48.5 Å². The maximum atomic E-state index is 13.7. The summed E-state index contributed by atoms with van der Waals surface area (Å²) < 4.78 is 13.7. The Hall–Kier alpha value is -3.90. The van der Waals surface area contributed by atoms with E-state index in [2.05, 4.69) is 20.8 Å². The van der Waals surface area contributed by atoms with E-state index in [1.54, 1.807) is 6.07 Å². The highest BCUT2D eigenvalue weighted by Gasteiger charge is 2.24. The first-order valence-corrected chi connectivity index (χ1v) is 9.84. The van der Waals surface area contributed by atoms with E-state index in [4.69, 9.17) is 12.3 Å². The number of halogens is 1. The van der Waals surface area contributed by atoms with Crippen LogP contribution >= 0.6 is 0 Å². The van der Waals surface area contributed by atoms with Gasteiger partial charge in [-0.05, 0) is 54.2 Å². The van der Waals surface area contributed by atoms with E-state index in [0.717, 1.165) is 43.5 Å². The van der Waals surface area contributed by atoms with Crippen molar-refractivity contribution < 1.29 is 4.39 Å². The van der Waals surface area contributed by atoms with E-state index in [1.165, 1.54) is 12.1 Å². The van der Waals surface area contributed by atoms with Crippen LogP contribution < -0.4 is 10.6 Å². The van der Waals surface area contributed by atoms with Gasteiger partial charge in [-0.25, -0.2) is 14.2 Å². The molecule has 6 heteroatoms. The molecule has 2 aromatic carbocycles. The highest BCUT2D eigenvalue weighted by Crippen LogP contribution is 2.42. The molecule has 3 aromatic rings. The second-order valence-corrected chi connectivity index (χ2v) is 7.28. The van der Waals surface area contributed by atoms with Gasteiger partial charge in [0.05, 0.1) is 12.1 Å². The molecule has 148 valence electrons. The molecule has 0 amide bonds. The van der Waals surface area contributed by atoms with E-state index in [1.807, 2.05) is 30.3 Å². The summed E-state index contributed by atoms with van der Waals surface area (Å²) in [7, 11) is 0. The Bertz CT molecular complexity index is 1180. The number of pyridine rings is 1. The van der Waals surface area contributed by atoms with E-state index in [9.17, 15) is 9.65 Å². The predicted octanol–water partition coefficient (Wildman–Crippen LogP) is 5.55. The van der Waals surface area contributed by atoms with Crippen LogP contribution in [0.4, 0.5) is 21.7 Å². The fourth-order valence-corrected chi connectivity index (χ4v) is 3.94. The zero-order valence-electron chi connectivity index (χ0n) is 16.4. The van der Waals surface area contributed by atoms with Gasteiger partial charge in [0.2, 0.25) is 5.69 Å². The molecule has 1 saturated heterocycles. The van der Waals surface area contributed by atoms with Crippen LogP contribution in [0.25, 0.3) is 27.1 Å². The Morgan fingerprint density at radius 2 is 1.70 bits per heavy atom. The number of nitriles is 1. The van der Waals surface area contributed by atoms with Crippen LogP contribution in [0.5, 0.6) is 0 Å². The largest absolute Gasteiger partial charge is 0.392 e. The van der Waals surface area contributed by atoms with Crippen molar-refractivity contribution in [2.24, 2.45) is 0 Å². The number of hydrogen-bond acceptors (Lipinski definition) is 4. The lowest BCUT2D eigenvalue weighted by Crippen LogP contribution is -2.31. The standard InChI is InChI=1S/C24H20FN5/c1-28-22-21(18-9-5-7-16(13-18)17-8-6-10-19(25)14-17)20(15-26)24(29-23(22)27)30-11-3-2-4-12-30/h5-10,13-14H,2-4,11-12H2,(H2,27,29). The summed E-state index contributed by atoms with van der Waals surface area (Å²) >= 11 is 0. The summed E-state index contributed by atoms with van der Waals surface area (Å²) in [5.41, 5.74) is 9.37. The van der Waals surface area contributed by atoms with Crippen molar-refractivity contribution in [3.63, 3.8) is 0 Å². The van der Waals surface area contributed by atoms with Crippen LogP contribution in [0.1, 0.15) is 24.8 Å². The van der Waals surface area contributed by atoms with Crippen LogP contribution in [0.2, 0.25) is 0 Å². The van der Waals surface area contributed by atoms with E-state index >= 15 is 0 Å². The lowest BCUT2D eigenvalue weighted by Gasteiger charge is -2.29. The van der Waals surface area contributed by atoms with Crippen LogP contribution in [-0.2, 0) is 0 Å². The topological polar surface area (TPSA) is 70.3 Å². The third-order valence-corrected chi connectivity index (χ3v) is 5.37. The van der Waals surface area contributed by atoms with Crippen LogP contribution in [0.3, 0.4) is 0 Å². The van der Waals surface area contributed by atoms with Crippen molar-refractivity contribution in [3.05, 3.63) is 71.3 Å². The maximum Gasteiger partial charge on any atom is 0.237 e. The molecule has 2 heterocycles. The molecule has 0 unspecified atom stereocenters. The number of anilines is 2. The number of benzene rings is 2. The van der Waals surface area contributed by atoms with E-state index < -0.39 is 0 Å². The van der Waals surface area contributed by atoms with Crippen molar-refractivity contribution in [1.29, 1.82) is 5.26 Å². The molecule has 1 fully saturated rings. The minimum absolute atomic E-state index is 0.121. The summed E-state index contributed by atoms with van der Waals surface area (Å²) in [6.07, 6.45) is 3.21. The molecule has 5 nitrogen and oxygen atoms in total. The van der Waals surface area contributed by atoms with Crippen molar-refractivity contribution in [3.8, 4) is 28.3 Å². The lowest BCUT2D eigenvalue weighted by molar-refractivity contribution is 0.573. The number of nitrogens with zero attached hydrogens (tertiary/aromatic N) is 4. The molecule has 2 N–H and O–H groups in total. The van der Waals surface area contributed by atoms with Gasteiger partial charge in [0.25, 0.3) is 0 Å². The van der Waals surface area contributed by atoms with Gasteiger partial charge in [-0.15, -0.1) is 0 Å². The molecule has 4 rings (SSSR count). The fraction of sp³-hybridized carbons (Fsp3) is 0.208. The zero-order chi connectivity index (χ0) is 21.1. The highest BCUT2D eigenvalue weighted by molar-refractivity contribution is 5.93. The first kappa shape index (κ1) is 19.4. The van der Waals surface area contributed by atoms with Gasteiger partial charge in [0.1, 0.15) is 23.5 Å². The van der Waals surface area contributed by atoms with E-state index in [0.29, 0.717) is 22.5 Å². The SMILES string of the molecule is [C-]#[N+]c1c(N)nc(N2CCCCC2)c(C#N)c1-c1cccc(-c2cccc(F)c2)c1. The van der Waals surface area contributed by atoms with Gasteiger partial charge < -0.3 is 10.6 Å². The lowest BCUT2D eigenvalue weighted by atomic mass is 9.95. The zero-order valence-corrected chi connectivity index (χ0v) is 16.4. The molecule has 0 bridgehead atoms. The Kier molecular flexibility index (Phi) is 5.32. The third-order valence-electron chi connectivity index (χ3n) is 5.37. The van der Waals surface area contributed by atoms with Gasteiger partial charge in [-0.2, -0.15) is 5.26 Å². The molecule has 0 aliphatic carbocycles. The number of nitrogen functional groups attached to an aromatic ring is 1. The Morgan fingerprint density at radius 1 is 1.03 bits per heavy atom. The minimum Gasteiger partial charge on any atom is -0.392 e. The van der Waals surface area contributed by atoms with Gasteiger partial charge in [-0.3, -0.25) is 0 Å². The molecule has 30 heavy (non-hydrogen) atoms. The fourth-order valence-electron chi connectivity index (χ4n) is 3.94. The summed E-state index contributed by atoms with van der Waals surface area (Å²) in [5, 5.41) is 10.0. The van der Waals surface area contributed by atoms with Crippen molar-refractivity contribution in [2.75, 3.05) is 23.7 Å². The first-order chi connectivity index (χ1) is 14.6. The van der Waals surface area contributed by atoms with Crippen molar-refractivity contribution in [2.45, 2.75) is 19.3 Å². The molecule has 0 radical (unpaired) electrons. The Labute approximate surface area is 175 Å². The minimum atomic E-state index is -0.321. The molecular weight excluding hydrogens is 377 g/mol. The summed E-state index contributed by atoms with van der Waals surface area (Å²) in [4.78, 5) is 10.1. The predicted molar refractivity (Wildman–Crippen MR) is 117 cm³/mol. The van der Waals surface area contributed by atoms with Crippen LogP contribution in [0, 0.1) is 23.7 Å². The monoisotopic (exact) mass is 397 g/mol. The maximum absolute atomic E-state index is 13.7. The Morgan fingerprint density at radius 3 is 2.37 bits per heavy atom. The Balaban J connectivity index is 1.92. The number of aromatic nitrogens is 1. The first-order valence-electron chi connectivity index (χ1n) is 9.84. The van der Waals surface area contributed by atoms with E-state index in [-0.39, 0.29) is 17.3 Å². The molecule has 1 aliphatic heterocycles. The van der Waals surface area contributed by atoms with Crippen molar-refractivity contribution in [1.82, 2.24) is 4.98 Å². The third kappa shape index (κ3) is 3.56. The number of piperidine rings is 1. The number of rotatable bonds is 3. The summed E-state index contributed by atoms with van der Waals surface area (Å²) in [6.45, 7) is 9.25. The molecule has 1 aromatic heterocycles. The molecule has 0 atom stereocenters. The van der Waals surface area contributed by atoms with Gasteiger partial charge in [0, 0.05) is 18.7 Å². The summed E-state index contributed by atoms with van der Waals surface area (Å²) in [6, 6.07) is 16.0. The number of hydrogen-bond donors (Lipinski definition) is 1. The number of nitrogens with two attached hydrogens (primary N) is 1. The van der Waals surface area contributed by atoms with Gasteiger partial charge in [-0.1, -0.05) is 30.3 Å². The average molecular weight is 397 g/mol. The molecular formula is C24H20FN5. The normalized spacial score (nSPS) is 13.5. The molecule has 0 saturated carbocycles. The van der Waals surface area contributed by atoms with Gasteiger partial charge >= 0.3 is 0 Å². The van der Waals surface area contributed by atoms with Crippen molar-refractivity contribution >= 4 is 17.3 Å². The second kappa shape index (κ2) is 8.23. The van der Waals surface area contributed by atoms with Crippen LogP contribution in [-0.4, -0.2) is 18.1 Å². The smallest absolute Gasteiger partial charge is 0.237 e. The highest BCUT2D eigenvalue weighted by atomic mass is 19.1. The quantitative estimate of drug-likeness (QED) is 0.588.